The lowest BCUT2D eigenvalue weighted by Crippen LogP contribution is -2.11. The van der Waals surface area contributed by atoms with Gasteiger partial charge in [-0.25, -0.2) is 0 Å². The van der Waals surface area contributed by atoms with E-state index in [2.05, 4.69) is 6.92 Å². The molecule has 1 aromatic rings. The van der Waals surface area contributed by atoms with Gasteiger partial charge in [0.15, 0.2) is 0 Å². The normalized spacial score (nSPS) is 10.1. The van der Waals surface area contributed by atoms with Crippen molar-refractivity contribution >= 4 is 17.4 Å². The molecule has 0 spiro atoms. The molecule has 0 aromatic heterocycles. The lowest BCUT2D eigenvalue weighted by molar-refractivity contribution is 0.313. The van der Waals surface area contributed by atoms with Gasteiger partial charge in [0.05, 0.1) is 12.4 Å². The van der Waals surface area contributed by atoms with E-state index in [0.717, 1.165) is 29.2 Å². The molecular weight excluding hydrogens is 224 g/mol. The van der Waals surface area contributed by atoms with Crippen LogP contribution in [0.1, 0.15) is 25.3 Å². The van der Waals surface area contributed by atoms with Crippen molar-refractivity contribution in [2.24, 2.45) is 5.73 Å². The van der Waals surface area contributed by atoms with Crippen LogP contribution >= 0.6 is 11.6 Å². The lowest BCUT2D eigenvalue weighted by Gasteiger charge is -2.08. The summed E-state index contributed by atoms with van der Waals surface area (Å²) in [5, 5.41) is 7.85. The Balaban J connectivity index is 2.45. The number of nitrogens with two attached hydrogens (primary N) is 1. The summed E-state index contributed by atoms with van der Waals surface area (Å²) in [5.74, 6) is 1.03. The molecule has 0 saturated carbocycles. The molecule has 0 aliphatic carbocycles. The third-order valence-corrected chi connectivity index (χ3v) is 2.63. The van der Waals surface area contributed by atoms with Gasteiger partial charge in [-0.15, -0.1) is 0 Å². The Morgan fingerprint density at radius 1 is 1.50 bits per heavy atom. The largest absolute Gasteiger partial charge is 0.494 e. The minimum atomic E-state index is 0.203. The van der Waals surface area contributed by atoms with Crippen molar-refractivity contribution in [2.45, 2.75) is 26.2 Å². The first-order valence-corrected chi connectivity index (χ1v) is 5.75. The van der Waals surface area contributed by atoms with Crippen molar-refractivity contribution < 1.29 is 4.74 Å². The molecule has 0 unspecified atom stereocenters. The fourth-order valence-corrected chi connectivity index (χ4v) is 1.62. The molecule has 88 valence electrons. The van der Waals surface area contributed by atoms with Crippen LogP contribution in [0, 0.1) is 5.41 Å². The summed E-state index contributed by atoms with van der Waals surface area (Å²) in [6.07, 6.45) is 2.23. The van der Waals surface area contributed by atoms with Crippen LogP contribution in [0.2, 0.25) is 5.02 Å². The number of rotatable bonds is 6. The van der Waals surface area contributed by atoms with Gasteiger partial charge < -0.3 is 10.5 Å². The summed E-state index contributed by atoms with van der Waals surface area (Å²) in [6, 6.07) is 5.66. The summed E-state index contributed by atoms with van der Waals surface area (Å²) in [4.78, 5) is 0. The van der Waals surface area contributed by atoms with E-state index < -0.39 is 0 Å². The van der Waals surface area contributed by atoms with Crippen molar-refractivity contribution in [3.8, 4) is 5.75 Å². The Bertz CT molecular complexity index is 366. The second-order valence-electron chi connectivity index (χ2n) is 3.58. The van der Waals surface area contributed by atoms with E-state index in [-0.39, 0.29) is 5.84 Å². The number of hydrogen-bond donors (Lipinski definition) is 2. The highest BCUT2D eigenvalue weighted by molar-refractivity contribution is 6.31. The Morgan fingerprint density at radius 3 is 2.88 bits per heavy atom. The van der Waals surface area contributed by atoms with Crippen LogP contribution in [0.25, 0.3) is 0 Å². The van der Waals surface area contributed by atoms with E-state index in [1.54, 1.807) is 0 Å². The first-order valence-electron chi connectivity index (χ1n) is 5.37. The predicted molar refractivity (Wildman–Crippen MR) is 67.5 cm³/mol. The minimum absolute atomic E-state index is 0.203. The highest BCUT2D eigenvalue weighted by Gasteiger charge is 2.01. The SMILES string of the molecule is CCc1cc(OCCCC(=N)N)ccc1Cl. The number of nitrogens with one attached hydrogen (secondary N) is 1. The molecule has 3 N–H and O–H groups in total. The standard InChI is InChI=1S/C12H17ClN2O/c1-2-9-8-10(5-6-11(9)13)16-7-3-4-12(14)15/h5-6,8H,2-4,7H2,1H3,(H3,14,15). The maximum Gasteiger partial charge on any atom is 0.119 e. The third kappa shape index (κ3) is 4.11. The van der Waals surface area contributed by atoms with Gasteiger partial charge in [-0.2, -0.15) is 0 Å². The molecule has 0 bridgehead atoms. The Kier molecular flexibility index (Phi) is 5.12. The second kappa shape index (κ2) is 6.38. The third-order valence-electron chi connectivity index (χ3n) is 2.26. The highest BCUT2D eigenvalue weighted by atomic mass is 35.5. The van der Waals surface area contributed by atoms with E-state index >= 15 is 0 Å². The van der Waals surface area contributed by atoms with Crippen LogP contribution in [-0.2, 0) is 6.42 Å². The molecule has 3 nitrogen and oxygen atoms in total. The second-order valence-corrected chi connectivity index (χ2v) is 3.99. The van der Waals surface area contributed by atoms with Crippen LogP contribution < -0.4 is 10.5 Å². The molecule has 4 heteroatoms. The van der Waals surface area contributed by atoms with Gasteiger partial charge in [-0.3, -0.25) is 5.41 Å². The van der Waals surface area contributed by atoms with E-state index in [0.29, 0.717) is 13.0 Å². The average molecular weight is 241 g/mol. The zero-order valence-electron chi connectivity index (χ0n) is 9.42. The number of halogens is 1. The molecule has 1 aromatic carbocycles. The molecule has 0 saturated heterocycles. The summed E-state index contributed by atoms with van der Waals surface area (Å²) in [5.41, 5.74) is 6.34. The minimum Gasteiger partial charge on any atom is -0.494 e. The van der Waals surface area contributed by atoms with Crippen LogP contribution in [0.5, 0.6) is 5.75 Å². The van der Waals surface area contributed by atoms with E-state index in [1.807, 2.05) is 18.2 Å². The molecule has 1 rings (SSSR count). The lowest BCUT2D eigenvalue weighted by atomic mass is 10.1. The van der Waals surface area contributed by atoms with E-state index in [9.17, 15) is 0 Å². The molecule has 0 amide bonds. The first kappa shape index (κ1) is 12.8. The quantitative estimate of drug-likeness (QED) is 0.456. The van der Waals surface area contributed by atoms with Crippen molar-refractivity contribution in [3.63, 3.8) is 0 Å². The Morgan fingerprint density at radius 2 is 2.25 bits per heavy atom. The zero-order chi connectivity index (χ0) is 12.0. The van der Waals surface area contributed by atoms with Crippen molar-refractivity contribution in [1.82, 2.24) is 0 Å². The van der Waals surface area contributed by atoms with Crippen molar-refractivity contribution in [2.75, 3.05) is 6.61 Å². The smallest absolute Gasteiger partial charge is 0.119 e. The summed E-state index contributed by atoms with van der Waals surface area (Å²) >= 11 is 6.00. The van der Waals surface area contributed by atoms with Gasteiger partial charge in [0.1, 0.15) is 5.75 Å². The number of hydrogen-bond acceptors (Lipinski definition) is 2. The van der Waals surface area contributed by atoms with Crippen LogP contribution in [-0.4, -0.2) is 12.4 Å². The molecule has 0 aliphatic rings. The first-order chi connectivity index (χ1) is 7.63. The fourth-order valence-electron chi connectivity index (χ4n) is 1.36. The number of ether oxygens (including phenoxy) is 1. The average Bonchev–Trinajstić information content (AvgIpc) is 2.26. The number of aryl methyl sites for hydroxylation is 1. The number of amidine groups is 1. The summed E-state index contributed by atoms with van der Waals surface area (Å²) < 4.78 is 5.54. The monoisotopic (exact) mass is 240 g/mol. The molecule has 0 heterocycles. The molecular formula is C12H17ClN2O. The van der Waals surface area contributed by atoms with Gasteiger partial charge in [-0.1, -0.05) is 18.5 Å². The van der Waals surface area contributed by atoms with Gasteiger partial charge in [0, 0.05) is 11.4 Å². The van der Waals surface area contributed by atoms with Crippen LogP contribution in [0.4, 0.5) is 0 Å². The zero-order valence-corrected chi connectivity index (χ0v) is 10.2. The molecule has 0 radical (unpaired) electrons. The predicted octanol–water partition coefficient (Wildman–Crippen LogP) is 3.00. The molecule has 0 atom stereocenters. The van der Waals surface area contributed by atoms with Crippen molar-refractivity contribution in [3.05, 3.63) is 28.8 Å². The highest BCUT2D eigenvalue weighted by Crippen LogP contribution is 2.22. The maximum atomic E-state index is 7.07. The molecule has 0 aliphatic heterocycles. The molecule has 0 fully saturated rings. The van der Waals surface area contributed by atoms with Crippen molar-refractivity contribution in [1.29, 1.82) is 5.41 Å². The fraction of sp³-hybridized carbons (Fsp3) is 0.417. The number of benzene rings is 1. The van der Waals surface area contributed by atoms with Gasteiger partial charge >= 0.3 is 0 Å². The van der Waals surface area contributed by atoms with E-state index in [1.165, 1.54) is 0 Å². The van der Waals surface area contributed by atoms with Gasteiger partial charge in [-0.05, 0) is 36.6 Å². The Labute approximate surface area is 101 Å². The Hall–Kier alpha value is -1.22. The summed E-state index contributed by atoms with van der Waals surface area (Å²) in [6.45, 7) is 2.63. The van der Waals surface area contributed by atoms with Gasteiger partial charge in [0.25, 0.3) is 0 Å². The maximum absolute atomic E-state index is 7.07. The molecule has 16 heavy (non-hydrogen) atoms. The van der Waals surface area contributed by atoms with E-state index in [4.69, 9.17) is 27.5 Å². The van der Waals surface area contributed by atoms with Gasteiger partial charge in [0.2, 0.25) is 0 Å². The summed E-state index contributed by atoms with van der Waals surface area (Å²) in [7, 11) is 0. The van der Waals surface area contributed by atoms with Crippen LogP contribution in [0.15, 0.2) is 18.2 Å². The van der Waals surface area contributed by atoms with Crippen LogP contribution in [0.3, 0.4) is 0 Å². The topological polar surface area (TPSA) is 59.1 Å².